The van der Waals surface area contributed by atoms with Crippen LogP contribution in [0.5, 0.6) is 0 Å². The molecule has 0 aliphatic carbocycles. The highest BCUT2D eigenvalue weighted by molar-refractivity contribution is 7.98. The quantitative estimate of drug-likeness (QED) is 0.767. The Kier molecular flexibility index (Phi) is 5.42. The Balaban J connectivity index is 2.33. The van der Waals surface area contributed by atoms with Gasteiger partial charge in [0.2, 0.25) is 0 Å². The monoisotopic (exact) mass is 241 g/mol. The average molecular weight is 241 g/mol. The molecule has 16 heavy (non-hydrogen) atoms. The fourth-order valence-corrected chi connectivity index (χ4v) is 2.05. The van der Waals surface area contributed by atoms with Gasteiger partial charge in [0.05, 0.1) is 12.3 Å². The first-order valence-electron chi connectivity index (χ1n) is 5.91. The van der Waals surface area contributed by atoms with E-state index < -0.39 is 0 Å². The molecule has 1 heterocycles. The summed E-state index contributed by atoms with van der Waals surface area (Å²) in [4.78, 5) is 0. The van der Waals surface area contributed by atoms with Crippen molar-refractivity contribution in [1.82, 2.24) is 5.32 Å². The zero-order valence-electron chi connectivity index (χ0n) is 10.8. The standard InChI is InChI=1S/C13H23NOS/c1-5-8-16-10-12-7-6-11(15-12)9-14-13(2,3)4/h6-7,14H,5,8-10H2,1-4H3. The number of nitrogens with one attached hydrogen (secondary N) is 1. The molecule has 92 valence electrons. The average Bonchev–Trinajstić information content (AvgIpc) is 2.62. The Bertz CT molecular complexity index is 301. The van der Waals surface area contributed by atoms with Gasteiger partial charge >= 0.3 is 0 Å². The Morgan fingerprint density at radius 1 is 1.25 bits per heavy atom. The number of hydrogen-bond donors (Lipinski definition) is 1. The van der Waals surface area contributed by atoms with Gasteiger partial charge in [-0.2, -0.15) is 11.8 Å². The summed E-state index contributed by atoms with van der Waals surface area (Å²) in [5.41, 5.74) is 0.143. The molecule has 1 N–H and O–H groups in total. The second kappa shape index (κ2) is 6.36. The topological polar surface area (TPSA) is 25.2 Å². The Morgan fingerprint density at radius 3 is 2.56 bits per heavy atom. The molecule has 0 unspecified atom stereocenters. The molecule has 0 bridgehead atoms. The van der Waals surface area contributed by atoms with Crippen molar-refractivity contribution < 1.29 is 4.42 Å². The molecule has 0 aliphatic heterocycles. The minimum absolute atomic E-state index is 0.143. The first-order valence-corrected chi connectivity index (χ1v) is 7.07. The largest absolute Gasteiger partial charge is 0.464 e. The van der Waals surface area contributed by atoms with E-state index in [1.807, 2.05) is 11.8 Å². The molecule has 0 saturated heterocycles. The summed E-state index contributed by atoms with van der Waals surface area (Å²) in [6.07, 6.45) is 1.23. The first-order chi connectivity index (χ1) is 7.51. The van der Waals surface area contributed by atoms with E-state index in [2.05, 4.69) is 45.1 Å². The highest BCUT2D eigenvalue weighted by Crippen LogP contribution is 2.16. The summed E-state index contributed by atoms with van der Waals surface area (Å²) in [5.74, 6) is 4.31. The van der Waals surface area contributed by atoms with E-state index in [1.165, 1.54) is 12.2 Å². The third-order valence-electron chi connectivity index (χ3n) is 2.10. The second-order valence-electron chi connectivity index (χ2n) is 5.02. The third kappa shape index (κ3) is 5.61. The van der Waals surface area contributed by atoms with Crippen LogP contribution in [0.4, 0.5) is 0 Å². The minimum Gasteiger partial charge on any atom is -0.464 e. The number of rotatable bonds is 6. The molecule has 0 saturated carbocycles. The summed E-state index contributed by atoms with van der Waals surface area (Å²) < 4.78 is 5.74. The predicted molar refractivity (Wildman–Crippen MR) is 71.8 cm³/mol. The van der Waals surface area contributed by atoms with Crippen LogP contribution in [0, 0.1) is 0 Å². The lowest BCUT2D eigenvalue weighted by Gasteiger charge is -2.19. The lowest BCUT2D eigenvalue weighted by molar-refractivity contribution is 0.382. The number of thioether (sulfide) groups is 1. The van der Waals surface area contributed by atoms with Crippen molar-refractivity contribution in [3.05, 3.63) is 23.7 Å². The van der Waals surface area contributed by atoms with Gasteiger partial charge in [-0.1, -0.05) is 6.92 Å². The van der Waals surface area contributed by atoms with Crippen LogP contribution in [0.3, 0.4) is 0 Å². The molecule has 0 amide bonds. The third-order valence-corrected chi connectivity index (χ3v) is 3.29. The van der Waals surface area contributed by atoms with Crippen LogP contribution >= 0.6 is 11.8 Å². The second-order valence-corrected chi connectivity index (χ2v) is 6.13. The van der Waals surface area contributed by atoms with Gasteiger partial charge in [-0.15, -0.1) is 0 Å². The van der Waals surface area contributed by atoms with Gasteiger partial charge in [0.25, 0.3) is 0 Å². The summed E-state index contributed by atoms with van der Waals surface area (Å²) in [6, 6.07) is 4.16. The Hall–Kier alpha value is -0.410. The van der Waals surface area contributed by atoms with Crippen LogP contribution in [0.15, 0.2) is 16.5 Å². The highest BCUT2D eigenvalue weighted by Gasteiger charge is 2.10. The SMILES string of the molecule is CCCSCc1ccc(CNC(C)(C)C)o1. The van der Waals surface area contributed by atoms with E-state index in [-0.39, 0.29) is 5.54 Å². The number of hydrogen-bond acceptors (Lipinski definition) is 3. The predicted octanol–water partition coefficient (Wildman–Crippen LogP) is 3.81. The lowest BCUT2D eigenvalue weighted by Crippen LogP contribution is -2.34. The zero-order chi connectivity index (χ0) is 12.0. The maximum Gasteiger partial charge on any atom is 0.118 e. The molecule has 0 fully saturated rings. The fraction of sp³-hybridized carbons (Fsp3) is 0.692. The van der Waals surface area contributed by atoms with Crippen LogP contribution in [0.25, 0.3) is 0 Å². The molecule has 1 aromatic rings. The van der Waals surface area contributed by atoms with Crippen molar-refractivity contribution in [1.29, 1.82) is 0 Å². The van der Waals surface area contributed by atoms with Gasteiger partial charge in [-0.3, -0.25) is 0 Å². The van der Waals surface area contributed by atoms with Crippen LogP contribution in [-0.2, 0) is 12.3 Å². The van der Waals surface area contributed by atoms with Crippen molar-refractivity contribution in [2.24, 2.45) is 0 Å². The molecular weight excluding hydrogens is 218 g/mol. The Labute approximate surface area is 103 Å². The summed E-state index contributed by atoms with van der Waals surface area (Å²) in [7, 11) is 0. The molecule has 0 spiro atoms. The van der Waals surface area contributed by atoms with E-state index in [9.17, 15) is 0 Å². The molecule has 0 aromatic carbocycles. The van der Waals surface area contributed by atoms with E-state index in [4.69, 9.17) is 4.42 Å². The smallest absolute Gasteiger partial charge is 0.118 e. The van der Waals surface area contributed by atoms with E-state index in [1.54, 1.807) is 0 Å². The molecule has 0 radical (unpaired) electrons. The summed E-state index contributed by atoms with van der Waals surface area (Å²) in [6.45, 7) is 9.49. The van der Waals surface area contributed by atoms with Crippen molar-refractivity contribution in [3.8, 4) is 0 Å². The van der Waals surface area contributed by atoms with E-state index in [0.29, 0.717) is 0 Å². The van der Waals surface area contributed by atoms with Gasteiger partial charge < -0.3 is 9.73 Å². The zero-order valence-corrected chi connectivity index (χ0v) is 11.6. The van der Waals surface area contributed by atoms with Crippen molar-refractivity contribution in [2.45, 2.75) is 52.0 Å². The molecule has 1 aromatic heterocycles. The first kappa shape index (κ1) is 13.7. The molecule has 0 atom stereocenters. The van der Waals surface area contributed by atoms with Crippen molar-refractivity contribution in [2.75, 3.05) is 5.75 Å². The maximum absolute atomic E-state index is 5.74. The molecule has 3 heteroatoms. The highest BCUT2D eigenvalue weighted by atomic mass is 32.2. The van der Waals surface area contributed by atoms with Gasteiger partial charge in [-0.05, 0) is 45.1 Å². The normalized spacial score (nSPS) is 12.0. The van der Waals surface area contributed by atoms with Crippen molar-refractivity contribution >= 4 is 11.8 Å². The van der Waals surface area contributed by atoms with Gasteiger partial charge in [0, 0.05) is 5.54 Å². The van der Waals surface area contributed by atoms with Crippen molar-refractivity contribution in [3.63, 3.8) is 0 Å². The Morgan fingerprint density at radius 2 is 1.94 bits per heavy atom. The molecule has 1 rings (SSSR count). The lowest BCUT2D eigenvalue weighted by atomic mass is 10.1. The molecule has 2 nitrogen and oxygen atoms in total. The van der Waals surface area contributed by atoms with Crippen LogP contribution in [-0.4, -0.2) is 11.3 Å². The van der Waals surface area contributed by atoms with Crippen LogP contribution < -0.4 is 5.32 Å². The van der Waals surface area contributed by atoms with Crippen LogP contribution in [0.1, 0.15) is 45.6 Å². The van der Waals surface area contributed by atoms with E-state index >= 15 is 0 Å². The van der Waals surface area contributed by atoms with Gasteiger partial charge in [0.15, 0.2) is 0 Å². The number of furan rings is 1. The fourth-order valence-electron chi connectivity index (χ4n) is 1.26. The van der Waals surface area contributed by atoms with Gasteiger partial charge in [-0.25, -0.2) is 0 Å². The van der Waals surface area contributed by atoms with Crippen LogP contribution in [0.2, 0.25) is 0 Å². The van der Waals surface area contributed by atoms with Gasteiger partial charge in [0.1, 0.15) is 11.5 Å². The molecule has 0 aliphatic rings. The molecular formula is C13H23NOS. The summed E-state index contributed by atoms with van der Waals surface area (Å²) in [5, 5.41) is 3.42. The maximum atomic E-state index is 5.74. The minimum atomic E-state index is 0.143. The van der Waals surface area contributed by atoms with E-state index in [0.717, 1.165) is 23.8 Å². The summed E-state index contributed by atoms with van der Waals surface area (Å²) >= 11 is 1.93.